The van der Waals surface area contributed by atoms with Crippen LogP contribution in [0.15, 0.2) is 42.7 Å². The molecule has 2 rings (SSSR count). The Bertz CT molecular complexity index is 783. The fourth-order valence-corrected chi connectivity index (χ4v) is 2.66. The number of hydrogen-bond donors (Lipinski definition) is 2. The number of aryl methyl sites for hydroxylation is 2. The lowest BCUT2D eigenvalue weighted by molar-refractivity contribution is -0.134. The molecule has 1 atom stereocenters. The van der Waals surface area contributed by atoms with Crippen LogP contribution in [-0.4, -0.2) is 28.4 Å². The van der Waals surface area contributed by atoms with E-state index in [9.17, 15) is 9.59 Å². The Morgan fingerprint density at radius 2 is 1.85 bits per heavy atom. The lowest BCUT2D eigenvalue weighted by Gasteiger charge is -2.27. The maximum atomic E-state index is 12.7. The number of benzene rings is 1. The quantitative estimate of drug-likeness (QED) is 0.784. The number of ether oxygens (including phenoxy) is 1. The van der Waals surface area contributed by atoms with Crippen LogP contribution in [0.2, 0.25) is 0 Å². The molecular formula is C21H27N3O3. The standard InChI is InChI=1S/C21H27N3O3/c1-6-18(27-17-11-14(2)10-15(3)12-17)19(25)24-21(4,5)20(26)23-16-8-7-9-22-13-16/h7-13,18H,6H2,1-5H3,(H,23,26)(H,24,25). The van der Waals surface area contributed by atoms with Crippen LogP contribution in [0.5, 0.6) is 5.75 Å². The van der Waals surface area contributed by atoms with Crippen LogP contribution < -0.4 is 15.4 Å². The van der Waals surface area contributed by atoms with Gasteiger partial charge in [0.05, 0.1) is 11.9 Å². The third-order valence-electron chi connectivity index (χ3n) is 4.06. The van der Waals surface area contributed by atoms with Gasteiger partial charge >= 0.3 is 0 Å². The molecule has 0 fully saturated rings. The maximum Gasteiger partial charge on any atom is 0.261 e. The van der Waals surface area contributed by atoms with E-state index in [2.05, 4.69) is 15.6 Å². The van der Waals surface area contributed by atoms with Crippen molar-refractivity contribution in [2.75, 3.05) is 5.32 Å². The fourth-order valence-electron chi connectivity index (χ4n) is 2.66. The first-order valence-corrected chi connectivity index (χ1v) is 8.99. The summed E-state index contributed by atoms with van der Waals surface area (Å²) in [6.45, 7) is 9.13. The van der Waals surface area contributed by atoms with Gasteiger partial charge in [-0.3, -0.25) is 14.6 Å². The maximum absolute atomic E-state index is 12.7. The van der Waals surface area contributed by atoms with E-state index in [1.807, 2.05) is 39.0 Å². The number of carbonyl (C=O) groups excluding carboxylic acids is 2. The Kier molecular flexibility index (Phi) is 6.55. The van der Waals surface area contributed by atoms with Gasteiger partial charge in [0.25, 0.3) is 5.91 Å². The van der Waals surface area contributed by atoms with Crippen molar-refractivity contribution < 1.29 is 14.3 Å². The zero-order valence-electron chi connectivity index (χ0n) is 16.5. The summed E-state index contributed by atoms with van der Waals surface area (Å²) < 4.78 is 5.88. The molecule has 2 N–H and O–H groups in total. The summed E-state index contributed by atoms with van der Waals surface area (Å²) in [5, 5.41) is 5.53. The molecule has 0 bridgehead atoms. The molecule has 0 aliphatic heterocycles. The molecule has 0 saturated carbocycles. The topological polar surface area (TPSA) is 80.3 Å². The number of carbonyl (C=O) groups is 2. The van der Waals surface area contributed by atoms with Crippen LogP contribution in [0.3, 0.4) is 0 Å². The van der Waals surface area contributed by atoms with E-state index < -0.39 is 11.6 Å². The van der Waals surface area contributed by atoms with Crippen molar-refractivity contribution in [3.8, 4) is 5.75 Å². The molecule has 6 nitrogen and oxygen atoms in total. The molecule has 6 heteroatoms. The highest BCUT2D eigenvalue weighted by atomic mass is 16.5. The van der Waals surface area contributed by atoms with Crippen molar-refractivity contribution in [2.45, 2.75) is 52.7 Å². The number of hydrogen-bond acceptors (Lipinski definition) is 4. The molecule has 2 aromatic rings. The van der Waals surface area contributed by atoms with Crippen LogP contribution >= 0.6 is 0 Å². The predicted molar refractivity (Wildman–Crippen MR) is 106 cm³/mol. The normalized spacial score (nSPS) is 12.2. The molecule has 0 aliphatic rings. The Balaban J connectivity index is 2.04. The third kappa shape index (κ3) is 5.81. The summed E-state index contributed by atoms with van der Waals surface area (Å²) in [4.78, 5) is 29.2. The van der Waals surface area contributed by atoms with Gasteiger partial charge in [-0.05, 0) is 69.5 Å². The van der Waals surface area contributed by atoms with Gasteiger partial charge in [-0.2, -0.15) is 0 Å². The first kappa shape index (κ1) is 20.4. The number of amides is 2. The number of nitrogens with one attached hydrogen (secondary N) is 2. The van der Waals surface area contributed by atoms with Gasteiger partial charge in [-0.15, -0.1) is 0 Å². The van der Waals surface area contributed by atoms with Crippen molar-refractivity contribution in [3.63, 3.8) is 0 Å². The van der Waals surface area contributed by atoms with Gasteiger partial charge in [-0.1, -0.05) is 13.0 Å². The molecule has 1 unspecified atom stereocenters. The van der Waals surface area contributed by atoms with Crippen LogP contribution in [-0.2, 0) is 9.59 Å². The van der Waals surface area contributed by atoms with E-state index >= 15 is 0 Å². The monoisotopic (exact) mass is 369 g/mol. The highest BCUT2D eigenvalue weighted by molar-refractivity contribution is 6.00. The van der Waals surface area contributed by atoms with Crippen molar-refractivity contribution >= 4 is 17.5 Å². The van der Waals surface area contributed by atoms with E-state index in [1.54, 1.807) is 38.4 Å². The number of nitrogens with zero attached hydrogens (tertiary/aromatic N) is 1. The highest BCUT2D eigenvalue weighted by Crippen LogP contribution is 2.19. The summed E-state index contributed by atoms with van der Waals surface area (Å²) in [7, 11) is 0. The zero-order valence-corrected chi connectivity index (χ0v) is 16.5. The van der Waals surface area contributed by atoms with E-state index in [0.717, 1.165) is 11.1 Å². The molecule has 1 heterocycles. The number of aromatic nitrogens is 1. The summed E-state index contributed by atoms with van der Waals surface area (Å²) >= 11 is 0. The van der Waals surface area contributed by atoms with E-state index in [1.165, 1.54) is 0 Å². The van der Waals surface area contributed by atoms with Gasteiger partial charge in [0.1, 0.15) is 11.3 Å². The molecule has 1 aromatic carbocycles. The molecule has 0 saturated heterocycles. The lowest BCUT2D eigenvalue weighted by Crippen LogP contribution is -2.55. The van der Waals surface area contributed by atoms with Gasteiger partial charge in [0.2, 0.25) is 5.91 Å². The molecule has 2 amide bonds. The number of rotatable bonds is 7. The van der Waals surface area contributed by atoms with Crippen molar-refractivity contribution in [1.29, 1.82) is 0 Å². The average molecular weight is 369 g/mol. The van der Waals surface area contributed by atoms with Crippen molar-refractivity contribution in [2.24, 2.45) is 0 Å². The van der Waals surface area contributed by atoms with Gasteiger partial charge in [0, 0.05) is 6.20 Å². The van der Waals surface area contributed by atoms with E-state index in [0.29, 0.717) is 17.9 Å². The highest BCUT2D eigenvalue weighted by Gasteiger charge is 2.32. The van der Waals surface area contributed by atoms with E-state index in [4.69, 9.17) is 4.74 Å². The molecular weight excluding hydrogens is 342 g/mol. The average Bonchev–Trinajstić information content (AvgIpc) is 2.59. The Hall–Kier alpha value is -2.89. The van der Waals surface area contributed by atoms with Crippen molar-refractivity contribution in [1.82, 2.24) is 10.3 Å². The van der Waals surface area contributed by atoms with Gasteiger partial charge in [0.15, 0.2) is 6.10 Å². The molecule has 144 valence electrons. The molecule has 0 radical (unpaired) electrons. The van der Waals surface area contributed by atoms with Crippen LogP contribution in [0.25, 0.3) is 0 Å². The minimum atomic E-state index is -1.10. The predicted octanol–water partition coefficient (Wildman–Crippen LogP) is 3.39. The fraction of sp³-hybridized carbons (Fsp3) is 0.381. The van der Waals surface area contributed by atoms with Crippen molar-refractivity contribution in [3.05, 3.63) is 53.9 Å². The van der Waals surface area contributed by atoms with Crippen LogP contribution in [0, 0.1) is 13.8 Å². The summed E-state index contributed by atoms with van der Waals surface area (Å²) in [5.41, 5.74) is 1.60. The Morgan fingerprint density at radius 3 is 2.41 bits per heavy atom. The third-order valence-corrected chi connectivity index (χ3v) is 4.06. The second-order valence-corrected chi connectivity index (χ2v) is 7.15. The molecule has 0 spiro atoms. The zero-order chi connectivity index (χ0) is 20.0. The molecule has 27 heavy (non-hydrogen) atoms. The van der Waals surface area contributed by atoms with E-state index in [-0.39, 0.29) is 11.8 Å². The Morgan fingerprint density at radius 1 is 1.19 bits per heavy atom. The summed E-state index contributed by atoms with van der Waals surface area (Å²) in [6.07, 6.45) is 2.97. The Labute approximate surface area is 160 Å². The van der Waals surface area contributed by atoms with Crippen LogP contribution in [0.1, 0.15) is 38.3 Å². The number of anilines is 1. The van der Waals surface area contributed by atoms with Crippen LogP contribution in [0.4, 0.5) is 5.69 Å². The largest absolute Gasteiger partial charge is 0.481 e. The minimum absolute atomic E-state index is 0.329. The van der Waals surface area contributed by atoms with Gasteiger partial charge in [-0.25, -0.2) is 0 Å². The minimum Gasteiger partial charge on any atom is -0.481 e. The SMILES string of the molecule is CCC(Oc1cc(C)cc(C)c1)C(=O)NC(C)(C)C(=O)Nc1cccnc1. The molecule has 1 aromatic heterocycles. The number of pyridine rings is 1. The first-order valence-electron chi connectivity index (χ1n) is 8.99. The summed E-state index contributed by atoms with van der Waals surface area (Å²) in [5.74, 6) is -0.0137. The second-order valence-electron chi connectivity index (χ2n) is 7.15. The molecule has 0 aliphatic carbocycles. The second kappa shape index (κ2) is 8.66. The first-order chi connectivity index (χ1) is 12.7. The smallest absolute Gasteiger partial charge is 0.261 e. The summed E-state index contributed by atoms with van der Waals surface area (Å²) in [6, 6.07) is 9.29. The van der Waals surface area contributed by atoms with Gasteiger partial charge < -0.3 is 15.4 Å². The lowest BCUT2D eigenvalue weighted by atomic mass is 10.0.